The Labute approximate surface area is 157 Å². The van der Waals surface area contributed by atoms with Crippen molar-refractivity contribution in [1.29, 1.82) is 0 Å². The molecule has 0 aliphatic heterocycles. The third-order valence-electron chi connectivity index (χ3n) is 4.07. The van der Waals surface area contributed by atoms with Crippen molar-refractivity contribution in [3.05, 3.63) is 80.4 Å². The topological polar surface area (TPSA) is 64.0 Å². The summed E-state index contributed by atoms with van der Waals surface area (Å²) in [4.78, 5) is 24.5. The van der Waals surface area contributed by atoms with E-state index in [1.807, 2.05) is 0 Å². The normalized spacial score (nSPS) is 10.6. The Morgan fingerprint density at radius 3 is 2.62 bits per heavy atom. The van der Waals surface area contributed by atoms with Gasteiger partial charge in [0.15, 0.2) is 0 Å². The maximum Gasteiger partial charge on any atom is 0.279 e. The second kappa shape index (κ2) is 7.21. The molecule has 0 unspecified atom stereocenters. The van der Waals surface area contributed by atoms with Gasteiger partial charge in [0.2, 0.25) is 0 Å². The van der Waals surface area contributed by atoms with Crippen molar-refractivity contribution in [2.24, 2.45) is 7.05 Å². The molecule has 1 amide bonds. The summed E-state index contributed by atoms with van der Waals surface area (Å²) in [7, 11) is 1.47. The highest BCUT2D eigenvalue weighted by atomic mass is 79.9. The minimum Gasteiger partial charge on any atom is -0.322 e. The molecule has 0 aliphatic rings. The van der Waals surface area contributed by atoms with Gasteiger partial charge in [-0.3, -0.25) is 9.59 Å². The number of hydrogen-bond acceptors (Lipinski definition) is 3. The molecule has 0 radical (unpaired) electrons. The first kappa shape index (κ1) is 18.0. The van der Waals surface area contributed by atoms with E-state index in [-0.39, 0.29) is 11.4 Å². The van der Waals surface area contributed by atoms with E-state index in [2.05, 4.69) is 26.3 Å². The molecular formula is C19H15BrFN3O2. The summed E-state index contributed by atoms with van der Waals surface area (Å²) in [6.45, 7) is 1.79. The molecule has 0 fully saturated rings. The maximum absolute atomic E-state index is 14.4. The van der Waals surface area contributed by atoms with Gasteiger partial charge in [0.25, 0.3) is 11.5 Å². The summed E-state index contributed by atoms with van der Waals surface area (Å²) in [5.41, 5.74) is 1.78. The Morgan fingerprint density at radius 1 is 1.15 bits per heavy atom. The molecule has 0 bridgehead atoms. The van der Waals surface area contributed by atoms with Crippen LogP contribution in [-0.4, -0.2) is 15.7 Å². The van der Waals surface area contributed by atoms with Crippen molar-refractivity contribution < 1.29 is 9.18 Å². The minimum absolute atomic E-state index is 0.0130. The zero-order valence-corrected chi connectivity index (χ0v) is 15.7. The number of aryl methyl sites for hydroxylation is 1. The van der Waals surface area contributed by atoms with E-state index < -0.39 is 11.5 Å². The van der Waals surface area contributed by atoms with E-state index in [1.54, 1.807) is 43.3 Å². The minimum atomic E-state index is -0.539. The maximum atomic E-state index is 14.4. The lowest BCUT2D eigenvalue weighted by Gasteiger charge is -2.14. The fraction of sp³-hybridized carbons (Fsp3) is 0.105. The smallest absolute Gasteiger partial charge is 0.279 e. The van der Waals surface area contributed by atoms with Crippen molar-refractivity contribution >= 4 is 27.5 Å². The van der Waals surface area contributed by atoms with Crippen molar-refractivity contribution in [1.82, 2.24) is 9.78 Å². The third kappa shape index (κ3) is 3.30. The van der Waals surface area contributed by atoms with Gasteiger partial charge in [0, 0.05) is 24.5 Å². The summed E-state index contributed by atoms with van der Waals surface area (Å²) in [6, 6.07) is 11.6. The number of carbonyl (C=O) groups is 1. The standard InChI is InChI=1S/C19H15BrFN3O2/c1-11-12(13-6-3-7-15(20)17(13)21)5-4-8-16(11)23-18(25)14-9-10-22-24(2)19(14)26/h3-10H,1-2H3,(H,23,25). The fourth-order valence-corrected chi connectivity index (χ4v) is 3.01. The number of benzene rings is 2. The number of halogens is 2. The Bertz CT molecular complexity index is 1060. The molecule has 0 saturated heterocycles. The Morgan fingerprint density at radius 2 is 1.85 bits per heavy atom. The number of carbonyl (C=O) groups excluding carboxylic acids is 1. The lowest BCUT2D eigenvalue weighted by molar-refractivity contribution is 0.102. The Kier molecular flexibility index (Phi) is 4.99. The number of aromatic nitrogens is 2. The van der Waals surface area contributed by atoms with Crippen LogP contribution in [0.25, 0.3) is 11.1 Å². The van der Waals surface area contributed by atoms with E-state index >= 15 is 0 Å². The molecule has 26 heavy (non-hydrogen) atoms. The second-order valence-electron chi connectivity index (χ2n) is 5.71. The van der Waals surface area contributed by atoms with Gasteiger partial charge in [-0.15, -0.1) is 0 Å². The van der Waals surface area contributed by atoms with Crippen LogP contribution in [0.2, 0.25) is 0 Å². The van der Waals surface area contributed by atoms with E-state index in [4.69, 9.17) is 0 Å². The van der Waals surface area contributed by atoms with Crippen LogP contribution >= 0.6 is 15.9 Å². The average molecular weight is 416 g/mol. The molecule has 0 spiro atoms. The monoisotopic (exact) mass is 415 g/mol. The number of nitrogens with zero attached hydrogens (tertiary/aromatic N) is 2. The highest BCUT2D eigenvalue weighted by molar-refractivity contribution is 9.10. The summed E-state index contributed by atoms with van der Waals surface area (Å²) >= 11 is 3.18. The quantitative estimate of drug-likeness (QED) is 0.704. The van der Waals surface area contributed by atoms with Gasteiger partial charge in [-0.2, -0.15) is 5.10 Å². The molecule has 132 valence electrons. The van der Waals surface area contributed by atoms with Gasteiger partial charge < -0.3 is 5.32 Å². The molecule has 1 N–H and O–H groups in total. The molecule has 3 aromatic rings. The zero-order chi connectivity index (χ0) is 18.8. The van der Waals surface area contributed by atoms with Crippen LogP contribution in [0.15, 0.2) is 57.9 Å². The number of rotatable bonds is 3. The van der Waals surface area contributed by atoms with E-state index in [0.717, 1.165) is 4.68 Å². The first-order valence-electron chi connectivity index (χ1n) is 7.78. The fourth-order valence-electron chi connectivity index (χ4n) is 2.64. The van der Waals surface area contributed by atoms with Crippen molar-refractivity contribution in [2.45, 2.75) is 6.92 Å². The van der Waals surface area contributed by atoms with Crippen LogP contribution in [0, 0.1) is 12.7 Å². The summed E-state index contributed by atoms with van der Waals surface area (Å²) in [5.74, 6) is -0.912. The first-order valence-corrected chi connectivity index (χ1v) is 8.57. The lowest BCUT2D eigenvalue weighted by atomic mass is 9.98. The van der Waals surface area contributed by atoms with Crippen LogP contribution in [-0.2, 0) is 7.05 Å². The molecular weight excluding hydrogens is 401 g/mol. The summed E-state index contributed by atoms with van der Waals surface area (Å²) in [5, 5.41) is 6.52. The number of nitrogens with one attached hydrogen (secondary N) is 1. The summed E-state index contributed by atoms with van der Waals surface area (Å²) < 4.78 is 15.9. The van der Waals surface area contributed by atoms with Crippen LogP contribution in [0.5, 0.6) is 0 Å². The molecule has 5 nitrogen and oxygen atoms in total. The Balaban J connectivity index is 2.00. The molecule has 1 aromatic heterocycles. The van der Waals surface area contributed by atoms with Gasteiger partial charge in [-0.1, -0.05) is 24.3 Å². The predicted molar refractivity (Wildman–Crippen MR) is 102 cm³/mol. The van der Waals surface area contributed by atoms with Crippen LogP contribution < -0.4 is 10.9 Å². The predicted octanol–water partition coefficient (Wildman–Crippen LogP) is 3.91. The first-order chi connectivity index (χ1) is 12.4. The number of hydrogen-bond donors (Lipinski definition) is 1. The number of anilines is 1. The van der Waals surface area contributed by atoms with Crippen molar-refractivity contribution in [3.8, 4) is 11.1 Å². The summed E-state index contributed by atoms with van der Waals surface area (Å²) in [6.07, 6.45) is 1.39. The average Bonchev–Trinajstić information content (AvgIpc) is 2.62. The molecule has 7 heteroatoms. The highest BCUT2D eigenvalue weighted by Crippen LogP contribution is 2.33. The highest BCUT2D eigenvalue weighted by Gasteiger charge is 2.16. The molecule has 0 aliphatic carbocycles. The van der Waals surface area contributed by atoms with E-state index in [0.29, 0.717) is 26.9 Å². The Hall–Kier alpha value is -2.80. The third-order valence-corrected chi connectivity index (χ3v) is 4.69. The SMILES string of the molecule is Cc1c(NC(=O)c2ccnn(C)c2=O)cccc1-c1cccc(Br)c1F. The van der Waals surface area contributed by atoms with Crippen LogP contribution in [0.1, 0.15) is 15.9 Å². The van der Waals surface area contributed by atoms with Crippen molar-refractivity contribution in [2.75, 3.05) is 5.32 Å². The number of amides is 1. The van der Waals surface area contributed by atoms with Gasteiger partial charge in [0.1, 0.15) is 11.4 Å². The molecule has 2 aromatic carbocycles. The van der Waals surface area contributed by atoms with Crippen LogP contribution in [0.3, 0.4) is 0 Å². The lowest BCUT2D eigenvalue weighted by Crippen LogP contribution is -2.28. The molecule has 3 rings (SSSR count). The van der Waals surface area contributed by atoms with Gasteiger partial charge in [-0.05, 0) is 52.2 Å². The molecule has 0 saturated carbocycles. The molecule has 1 heterocycles. The van der Waals surface area contributed by atoms with Gasteiger partial charge in [-0.25, -0.2) is 9.07 Å². The van der Waals surface area contributed by atoms with E-state index in [1.165, 1.54) is 19.3 Å². The van der Waals surface area contributed by atoms with E-state index in [9.17, 15) is 14.0 Å². The van der Waals surface area contributed by atoms with Gasteiger partial charge in [0.05, 0.1) is 4.47 Å². The van der Waals surface area contributed by atoms with Crippen LogP contribution in [0.4, 0.5) is 10.1 Å². The zero-order valence-electron chi connectivity index (χ0n) is 14.1. The van der Waals surface area contributed by atoms with Gasteiger partial charge >= 0.3 is 0 Å². The van der Waals surface area contributed by atoms with Crippen molar-refractivity contribution in [3.63, 3.8) is 0 Å². The second-order valence-corrected chi connectivity index (χ2v) is 6.56. The molecule has 0 atom stereocenters. The largest absolute Gasteiger partial charge is 0.322 e.